The SMILES string of the molecule is c1ccc(-n2c3ccccc3c3cc(-c4ccc5c6ccccc6n(-c6ccc(-c7cccc8oc9ccccc9c78)cc6)c5c4)ccc32)cc1. The fraction of sp³-hybridized carbons (Fsp3) is 0. The van der Waals surface area contributed by atoms with Gasteiger partial charge in [0.2, 0.25) is 0 Å². The summed E-state index contributed by atoms with van der Waals surface area (Å²) in [5, 5.41) is 7.31. The van der Waals surface area contributed by atoms with Crippen LogP contribution in [0.25, 0.3) is 99.2 Å². The maximum Gasteiger partial charge on any atom is 0.136 e. The van der Waals surface area contributed by atoms with Gasteiger partial charge in [0.1, 0.15) is 11.2 Å². The first-order valence-electron chi connectivity index (χ1n) is 17.4. The van der Waals surface area contributed by atoms with Gasteiger partial charge in [-0.25, -0.2) is 0 Å². The molecule has 0 amide bonds. The molecule has 238 valence electrons. The third-order valence-electron chi connectivity index (χ3n) is 10.5. The molecule has 0 radical (unpaired) electrons. The van der Waals surface area contributed by atoms with Crippen molar-refractivity contribution in [2.45, 2.75) is 0 Å². The number of hydrogen-bond acceptors (Lipinski definition) is 1. The number of hydrogen-bond donors (Lipinski definition) is 0. The predicted molar refractivity (Wildman–Crippen MR) is 213 cm³/mol. The van der Waals surface area contributed by atoms with E-state index in [1.807, 2.05) is 12.1 Å². The third-order valence-corrected chi connectivity index (χ3v) is 10.5. The van der Waals surface area contributed by atoms with Gasteiger partial charge in [-0.15, -0.1) is 0 Å². The van der Waals surface area contributed by atoms with Crippen LogP contribution in [0.3, 0.4) is 0 Å². The molecule has 3 aromatic heterocycles. The normalized spacial score (nSPS) is 11.9. The van der Waals surface area contributed by atoms with Crippen LogP contribution in [0.15, 0.2) is 186 Å². The number of benzene rings is 8. The molecule has 0 saturated carbocycles. The van der Waals surface area contributed by atoms with Gasteiger partial charge in [0.25, 0.3) is 0 Å². The summed E-state index contributed by atoms with van der Waals surface area (Å²) in [5.74, 6) is 0. The Morgan fingerprint density at radius 3 is 1.67 bits per heavy atom. The second kappa shape index (κ2) is 10.8. The fourth-order valence-electron chi connectivity index (χ4n) is 8.24. The monoisotopic (exact) mass is 650 g/mol. The number of furan rings is 1. The fourth-order valence-corrected chi connectivity index (χ4v) is 8.24. The zero-order valence-corrected chi connectivity index (χ0v) is 27.6. The minimum Gasteiger partial charge on any atom is -0.456 e. The Bertz CT molecular complexity index is 3120. The first kappa shape index (κ1) is 28.0. The lowest BCUT2D eigenvalue weighted by Crippen LogP contribution is -1.94. The molecule has 3 nitrogen and oxygen atoms in total. The van der Waals surface area contributed by atoms with Gasteiger partial charge in [0, 0.05) is 43.7 Å². The molecule has 51 heavy (non-hydrogen) atoms. The van der Waals surface area contributed by atoms with E-state index in [9.17, 15) is 0 Å². The molecule has 3 heterocycles. The first-order valence-corrected chi connectivity index (χ1v) is 17.4. The van der Waals surface area contributed by atoms with Crippen molar-refractivity contribution in [1.29, 1.82) is 0 Å². The second-order valence-electron chi connectivity index (χ2n) is 13.3. The number of fused-ring (bicyclic) bond motifs is 9. The molecule has 0 bridgehead atoms. The Balaban J connectivity index is 1.07. The molecule has 0 saturated heterocycles. The van der Waals surface area contributed by atoms with Gasteiger partial charge < -0.3 is 13.6 Å². The van der Waals surface area contributed by atoms with E-state index in [0.717, 1.165) is 27.6 Å². The van der Waals surface area contributed by atoms with Crippen LogP contribution in [0.5, 0.6) is 0 Å². The Morgan fingerprint density at radius 1 is 0.314 bits per heavy atom. The maximum atomic E-state index is 6.20. The zero-order valence-electron chi connectivity index (χ0n) is 27.6. The van der Waals surface area contributed by atoms with Crippen LogP contribution in [0.1, 0.15) is 0 Å². The average Bonchev–Trinajstić information content (AvgIpc) is 3.85. The highest BCUT2D eigenvalue weighted by atomic mass is 16.3. The molecule has 0 spiro atoms. The van der Waals surface area contributed by atoms with E-state index in [1.165, 1.54) is 71.6 Å². The quantitative estimate of drug-likeness (QED) is 0.186. The molecule has 0 aliphatic heterocycles. The summed E-state index contributed by atoms with van der Waals surface area (Å²) in [6.45, 7) is 0. The molecule has 0 atom stereocenters. The Morgan fingerprint density at radius 2 is 0.863 bits per heavy atom. The summed E-state index contributed by atoms with van der Waals surface area (Å²) in [7, 11) is 0. The summed E-state index contributed by atoms with van der Waals surface area (Å²) in [4.78, 5) is 0. The molecule has 0 aliphatic carbocycles. The lowest BCUT2D eigenvalue weighted by atomic mass is 9.99. The van der Waals surface area contributed by atoms with Crippen molar-refractivity contribution in [1.82, 2.24) is 9.13 Å². The van der Waals surface area contributed by atoms with Crippen molar-refractivity contribution >= 4 is 65.6 Å². The molecule has 0 fully saturated rings. The van der Waals surface area contributed by atoms with Crippen LogP contribution in [0, 0.1) is 0 Å². The van der Waals surface area contributed by atoms with E-state index < -0.39 is 0 Å². The summed E-state index contributed by atoms with van der Waals surface area (Å²) >= 11 is 0. The van der Waals surface area contributed by atoms with Crippen LogP contribution in [-0.4, -0.2) is 9.13 Å². The third kappa shape index (κ3) is 4.19. The standard InChI is InChI=1S/C48H30N2O/c1-2-11-34(12-3-1)49-43-18-8-5-14-38(43)41-29-32(24-28-44(41)49)33-23-27-39-37-13-4-7-17-42(37)50(45(39)30-33)35-25-21-31(22-26-35)36-16-10-20-47-48(36)40-15-6-9-19-46(40)51-47/h1-30H. The lowest BCUT2D eigenvalue weighted by Gasteiger charge is -2.11. The molecular formula is C48H30N2O. The highest BCUT2D eigenvalue weighted by Gasteiger charge is 2.17. The van der Waals surface area contributed by atoms with Crippen molar-refractivity contribution in [2.24, 2.45) is 0 Å². The van der Waals surface area contributed by atoms with Gasteiger partial charge in [-0.2, -0.15) is 0 Å². The topological polar surface area (TPSA) is 23.0 Å². The molecular weight excluding hydrogens is 621 g/mol. The van der Waals surface area contributed by atoms with Gasteiger partial charge >= 0.3 is 0 Å². The number of rotatable bonds is 4. The summed E-state index contributed by atoms with van der Waals surface area (Å²) < 4.78 is 11.0. The number of para-hydroxylation sites is 4. The van der Waals surface area contributed by atoms with E-state index in [2.05, 4.69) is 179 Å². The number of nitrogens with zero attached hydrogens (tertiary/aromatic N) is 2. The van der Waals surface area contributed by atoms with Crippen molar-refractivity contribution < 1.29 is 4.42 Å². The van der Waals surface area contributed by atoms with Gasteiger partial charge in [-0.3, -0.25) is 0 Å². The van der Waals surface area contributed by atoms with Crippen LogP contribution in [0.2, 0.25) is 0 Å². The van der Waals surface area contributed by atoms with Crippen molar-refractivity contribution in [3.05, 3.63) is 182 Å². The molecule has 3 heteroatoms. The van der Waals surface area contributed by atoms with E-state index >= 15 is 0 Å². The summed E-state index contributed by atoms with van der Waals surface area (Å²) in [5.41, 5.74) is 13.7. The first-order chi connectivity index (χ1) is 25.3. The van der Waals surface area contributed by atoms with Gasteiger partial charge in [0.05, 0.1) is 22.1 Å². The van der Waals surface area contributed by atoms with Crippen molar-refractivity contribution in [3.63, 3.8) is 0 Å². The highest BCUT2D eigenvalue weighted by Crippen LogP contribution is 2.40. The van der Waals surface area contributed by atoms with Crippen molar-refractivity contribution in [3.8, 4) is 33.6 Å². The Labute approximate surface area is 293 Å². The molecule has 11 rings (SSSR count). The maximum absolute atomic E-state index is 6.20. The molecule has 0 N–H and O–H groups in total. The van der Waals surface area contributed by atoms with Crippen molar-refractivity contribution in [2.75, 3.05) is 0 Å². The summed E-state index contributed by atoms with van der Waals surface area (Å²) in [6.07, 6.45) is 0. The van der Waals surface area contributed by atoms with Crippen LogP contribution in [-0.2, 0) is 0 Å². The molecule has 8 aromatic carbocycles. The molecule has 0 unspecified atom stereocenters. The van der Waals surface area contributed by atoms with Gasteiger partial charge in [-0.1, -0.05) is 115 Å². The van der Waals surface area contributed by atoms with E-state index in [0.29, 0.717) is 0 Å². The van der Waals surface area contributed by atoms with Crippen LogP contribution in [0.4, 0.5) is 0 Å². The van der Waals surface area contributed by atoms with E-state index in [-0.39, 0.29) is 0 Å². The molecule has 11 aromatic rings. The van der Waals surface area contributed by atoms with Crippen LogP contribution < -0.4 is 0 Å². The number of aromatic nitrogens is 2. The van der Waals surface area contributed by atoms with Gasteiger partial charge in [0.15, 0.2) is 0 Å². The second-order valence-corrected chi connectivity index (χ2v) is 13.3. The zero-order chi connectivity index (χ0) is 33.5. The predicted octanol–water partition coefficient (Wildman–Crippen LogP) is 13.1. The average molecular weight is 651 g/mol. The molecule has 0 aliphatic rings. The Kier molecular flexibility index (Phi) is 5.96. The minimum atomic E-state index is 0.913. The largest absolute Gasteiger partial charge is 0.456 e. The lowest BCUT2D eigenvalue weighted by molar-refractivity contribution is 0.669. The van der Waals surface area contributed by atoms with E-state index in [1.54, 1.807) is 0 Å². The Hall–Kier alpha value is -6.84. The van der Waals surface area contributed by atoms with Crippen LogP contribution >= 0.6 is 0 Å². The smallest absolute Gasteiger partial charge is 0.136 e. The highest BCUT2D eigenvalue weighted by molar-refractivity contribution is 6.14. The summed E-state index contributed by atoms with van der Waals surface area (Å²) in [6, 6.07) is 65.5. The van der Waals surface area contributed by atoms with E-state index in [4.69, 9.17) is 4.42 Å². The van der Waals surface area contributed by atoms with Gasteiger partial charge in [-0.05, 0) is 89.0 Å². The minimum absolute atomic E-state index is 0.913.